The van der Waals surface area contributed by atoms with Gasteiger partial charge in [-0.3, -0.25) is 24.3 Å². The van der Waals surface area contributed by atoms with Gasteiger partial charge in [-0.25, -0.2) is 4.98 Å². The number of hydrogen-bond acceptors (Lipinski definition) is 10. The molecule has 0 radical (unpaired) electrons. The molecule has 11 nitrogen and oxygen atoms in total. The molecule has 13 heteroatoms. The quantitative estimate of drug-likeness (QED) is 0.161. The van der Waals surface area contributed by atoms with Gasteiger partial charge in [-0.05, 0) is 77.5 Å². The highest BCUT2D eigenvalue weighted by molar-refractivity contribution is 9.10. The normalized spacial score (nSPS) is 18.1. The molecule has 2 unspecified atom stereocenters. The van der Waals surface area contributed by atoms with Gasteiger partial charge in [0.15, 0.2) is 0 Å². The number of methoxy groups -OCH3 is 1. The van der Waals surface area contributed by atoms with Crippen molar-refractivity contribution in [2.45, 2.75) is 44.3 Å². The molecule has 0 spiro atoms. The summed E-state index contributed by atoms with van der Waals surface area (Å²) in [4.78, 5) is 28.3. The van der Waals surface area contributed by atoms with Crippen molar-refractivity contribution in [1.29, 1.82) is 0 Å². The van der Waals surface area contributed by atoms with Crippen molar-refractivity contribution in [3.8, 4) is 16.9 Å². The van der Waals surface area contributed by atoms with Crippen molar-refractivity contribution < 1.29 is 14.1 Å². The summed E-state index contributed by atoms with van der Waals surface area (Å²) in [5.41, 5.74) is 6.64. The predicted octanol–water partition coefficient (Wildman–Crippen LogP) is 6.63. The topological polar surface area (TPSA) is 127 Å². The minimum Gasteiger partial charge on any atom is -0.495 e. The standard InChI is InChI=1S/C34H36BrN8O3P/c1-42-18-21(16-39-42)25-14-30(31(46-2)11-20(25)19-43-22-5-6-23(43)13-24(44)12-22)41-32-15-29(26(35)17-38-32)40-28-8-7-27-33(37-10-9-36-27)34(28)47(3,4)45/h7-11,14-18,22-23H,5-6,12-13,19H2,1-4H3,(H2,38,40,41). The lowest BCUT2D eigenvalue weighted by molar-refractivity contribution is -0.123. The van der Waals surface area contributed by atoms with E-state index in [2.05, 4.69) is 63.6 Å². The van der Waals surface area contributed by atoms with Crippen LogP contribution in [0.1, 0.15) is 31.2 Å². The third-order valence-corrected chi connectivity index (χ3v) is 11.2. The predicted molar refractivity (Wildman–Crippen MR) is 189 cm³/mol. The number of halogens is 1. The van der Waals surface area contributed by atoms with Crippen molar-refractivity contribution in [3.63, 3.8) is 0 Å². The molecule has 2 atom stereocenters. The molecule has 2 N–H and O–H groups in total. The first-order valence-electron chi connectivity index (χ1n) is 15.5. The van der Waals surface area contributed by atoms with E-state index < -0.39 is 7.14 Å². The van der Waals surface area contributed by atoms with Gasteiger partial charge in [0.05, 0.1) is 45.7 Å². The van der Waals surface area contributed by atoms with Gasteiger partial charge in [0.2, 0.25) is 0 Å². The van der Waals surface area contributed by atoms with E-state index in [0.717, 1.165) is 51.9 Å². The number of aromatic nitrogens is 5. The Morgan fingerprint density at radius 1 is 0.979 bits per heavy atom. The van der Waals surface area contributed by atoms with E-state index >= 15 is 0 Å². The molecule has 0 saturated carbocycles. The molecule has 0 aliphatic carbocycles. The molecule has 2 bridgehead atoms. The Hall–Kier alpha value is -4.12. The molecular weight excluding hydrogens is 679 g/mol. The summed E-state index contributed by atoms with van der Waals surface area (Å²) >= 11 is 3.64. The van der Waals surface area contributed by atoms with Gasteiger partial charge in [0, 0.05) is 74.9 Å². The summed E-state index contributed by atoms with van der Waals surface area (Å²) in [6, 6.07) is 10.4. The summed E-state index contributed by atoms with van der Waals surface area (Å²) in [7, 11) is 0.829. The summed E-state index contributed by atoms with van der Waals surface area (Å²) in [5, 5.41) is 12.0. The van der Waals surface area contributed by atoms with E-state index in [4.69, 9.17) is 4.74 Å². The molecular formula is C34H36BrN8O3P. The number of aryl methyl sites for hydroxylation is 1. The lowest BCUT2D eigenvalue weighted by Gasteiger charge is -2.34. The Morgan fingerprint density at radius 3 is 2.45 bits per heavy atom. The molecule has 2 aromatic carbocycles. The molecule has 7 rings (SSSR count). The fourth-order valence-corrected chi connectivity index (χ4v) is 8.63. The van der Waals surface area contributed by atoms with Crippen LogP contribution in [-0.4, -0.2) is 67.9 Å². The van der Waals surface area contributed by atoms with Crippen LogP contribution in [0.15, 0.2) is 65.8 Å². The molecule has 5 heterocycles. The number of nitrogens with one attached hydrogen (secondary N) is 2. The lowest BCUT2D eigenvalue weighted by Crippen LogP contribution is -2.42. The van der Waals surface area contributed by atoms with Gasteiger partial charge in [-0.1, -0.05) is 0 Å². The molecule has 3 aromatic heterocycles. The Kier molecular flexibility index (Phi) is 8.36. The molecule has 242 valence electrons. The van der Waals surface area contributed by atoms with E-state index in [1.54, 1.807) is 43.7 Å². The smallest absolute Gasteiger partial charge is 0.142 e. The number of benzene rings is 2. The Labute approximate surface area is 281 Å². The zero-order valence-electron chi connectivity index (χ0n) is 26.7. The maximum atomic E-state index is 13.5. The fraction of sp³-hybridized carbons (Fsp3) is 0.324. The number of ketones is 1. The zero-order valence-corrected chi connectivity index (χ0v) is 29.2. The monoisotopic (exact) mass is 714 g/mol. The number of ether oxygens (including phenoxy) is 1. The first kappa shape index (κ1) is 31.5. The molecule has 2 saturated heterocycles. The van der Waals surface area contributed by atoms with Crippen LogP contribution < -0.4 is 20.7 Å². The number of anilines is 4. The molecule has 47 heavy (non-hydrogen) atoms. The van der Waals surface area contributed by atoms with E-state index in [0.29, 0.717) is 52.2 Å². The van der Waals surface area contributed by atoms with Crippen LogP contribution in [0, 0.1) is 0 Å². The number of carbonyl (C=O) groups excluding carboxylic acids is 1. The summed E-state index contributed by atoms with van der Waals surface area (Å²) in [6.45, 7) is 4.20. The van der Waals surface area contributed by atoms with Crippen LogP contribution in [0.3, 0.4) is 0 Å². The number of nitrogens with zero attached hydrogens (tertiary/aromatic N) is 6. The van der Waals surface area contributed by atoms with Crippen LogP contribution in [0.5, 0.6) is 5.75 Å². The first-order chi connectivity index (χ1) is 22.6. The van der Waals surface area contributed by atoms with Crippen LogP contribution in [0.25, 0.3) is 22.2 Å². The van der Waals surface area contributed by atoms with Crippen LogP contribution in [-0.2, 0) is 23.0 Å². The van der Waals surface area contributed by atoms with Crippen molar-refractivity contribution in [2.24, 2.45) is 7.05 Å². The molecule has 5 aromatic rings. The van der Waals surface area contributed by atoms with Crippen molar-refractivity contribution in [1.82, 2.24) is 29.6 Å². The first-order valence-corrected chi connectivity index (χ1v) is 18.9. The van der Waals surface area contributed by atoms with Gasteiger partial charge in [0.1, 0.15) is 30.0 Å². The number of piperidine rings is 1. The van der Waals surface area contributed by atoms with Gasteiger partial charge >= 0.3 is 0 Å². The van der Waals surface area contributed by atoms with E-state index in [-0.39, 0.29) is 12.1 Å². The third-order valence-electron chi connectivity index (χ3n) is 9.03. The summed E-state index contributed by atoms with van der Waals surface area (Å²) in [5.74, 6) is 1.64. The lowest BCUT2D eigenvalue weighted by atomic mass is 9.96. The molecule has 0 amide bonds. The number of hydrogen-bond donors (Lipinski definition) is 2. The van der Waals surface area contributed by atoms with E-state index in [1.807, 2.05) is 37.6 Å². The number of pyridine rings is 1. The van der Waals surface area contributed by atoms with Crippen LogP contribution in [0.2, 0.25) is 0 Å². The summed E-state index contributed by atoms with van der Waals surface area (Å²) in [6.07, 6.45) is 12.2. The Morgan fingerprint density at radius 2 is 1.74 bits per heavy atom. The largest absolute Gasteiger partial charge is 0.495 e. The number of carbonyl (C=O) groups is 1. The van der Waals surface area contributed by atoms with E-state index in [1.165, 1.54) is 0 Å². The molecule has 2 aliphatic heterocycles. The average Bonchev–Trinajstić information content (AvgIpc) is 3.57. The van der Waals surface area contributed by atoms with Crippen LogP contribution in [0.4, 0.5) is 22.9 Å². The van der Waals surface area contributed by atoms with Gasteiger partial charge < -0.3 is 19.9 Å². The minimum absolute atomic E-state index is 0.286. The highest BCUT2D eigenvalue weighted by Crippen LogP contribution is 2.43. The van der Waals surface area contributed by atoms with Crippen molar-refractivity contribution >= 4 is 68.1 Å². The Balaban J connectivity index is 1.24. The second-order valence-corrected chi connectivity index (χ2v) is 16.7. The van der Waals surface area contributed by atoms with Gasteiger partial charge in [-0.15, -0.1) is 0 Å². The SMILES string of the molecule is COc1cc(CN2C3CCC2CC(=O)C3)c(-c2cnn(C)c2)cc1Nc1cc(Nc2ccc3nccnc3c2P(C)(C)=O)c(Br)cn1. The number of Topliss-reactive ketones (excluding diaryl/α,β-unsaturated/α-hetero) is 1. The summed E-state index contributed by atoms with van der Waals surface area (Å²) < 4.78 is 21.9. The van der Waals surface area contributed by atoms with Gasteiger partial charge in [-0.2, -0.15) is 5.10 Å². The molecule has 2 fully saturated rings. The maximum absolute atomic E-state index is 13.5. The minimum atomic E-state index is -2.74. The third kappa shape index (κ3) is 6.29. The maximum Gasteiger partial charge on any atom is 0.142 e. The highest BCUT2D eigenvalue weighted by Gasteiger charge is 2.40. The number of rotatable bonds is 9. The van der Waals surface area contributed by atoms with Crippen LogP contribution >= 0.6 is 23.1 Å². The van der Waals surface area contributed by atoms with Crippen molar-refractivity contribution in [3.05, 3.63) is 71.4 Å². The zero-order chi connectivity index (χ0) is 32.9. The highest BCUT2D eigenvalue weighted by atomic mass is 79.9. The molecule has 2 aliphatic rings. The second kappa shape index (κ2) is 12.5. The van der Waals surface area contributed by atoms with E-state index in [9.17, 15) is 9.36 Å². The van der Waals surface area contributed by atoms with Gasteiger partial charge in [0.25, 0.3) is 0 Å². The second-order valence-electron chi connectivity index (χ2n) is 12.7. The van der Waals surface area contributed by atoms with Crippen molar-refractivity contribution in [2.75, 3.05) is 31.1 Å². The Bertz CT molecular complexity index is 2050. The average molecular weight is 716 g/mol. The number of fused-ring (bicyclic) bond motifs is 3. The fourth-order valence-electron chi connectivity index (χ4n) is 6.92.